The highest BCUT2D eigenvalue weighted by molar-refractivity contribution is 5.90. The SMILES string of the molecule is CCc1cnc(N2CCC(c3noc(COc4ccc(C=CC(=O)NO)cc4)n3)CC2)nc1. The first-order valence-corrected chi connectivity index (χ1v) is 10.9. The molecule has 10 nitrogen and oxygen atoms in total. The number of nitrogens with zero attached hydrogens (tertiary/aromatic N) is 5. The number of piperidine rings is 1. The summed E-state index contributed by atoms with van der Waals surface area (Å²) < 4.78 is 11.1. The van der Waals surface area contributed by atoms with E-state index in [0.29, 0.717) is 17.5 Å². The number of aryl methyl sites for hydroxylation is 1. The first-order valence-electron chi connectivity index (χ1n) is 10.9. The number of hydroxylamine groups is 1. The van der Waals surface area contributed by atoms with Crippen LogP contribution in [0.25, 0.3) is 6.08 Å². The zero-order valence-electron chi connectivity index (χ0n) is 18.3. The van der Waals surface area contributed by atoms with Gasteiger partial charge in [-0.1, -0.05) is 24.2 Å². The number of anilines is 1. The number of ether oxygens (including phenoxy) is 1. The van der Waals surface area contributed by atoms with Gasteiger partial charge in [-0.3, -0.25) is 10.0 Å². The van der Waals surface area contributed by atoms with Crippen molar-refractivity contribution in [3.63, 3.8) is 0 Å². The topological polar surface area (TPSA) is 127 Å². The second kappa shape index (κ2) is 10.7. The minimum atomic E-state index is -0.591. The normalized spacial score (nSPS) is 14.5. The first kappa shape index (κ1) is 22.4. The molecule has 1 aliphatic heterocycles. The van der Waals surface area contributed by atoms with Crippen molar-refractivity contribution in [2.45, 2.75) is 38.7 Å². The third kappa shape index (κ3) is 5.92. The Hall–Kier alpha value is -3.79. The highest BCUT2D eigenvalue weighted by atomic mass is 16.5. The lowest BCUT2D eigenvalue weighted by atomic mass is 9.96. The zero-order chi connectivity index (χ0) is 23.0. The molecule has 2 aromatic heterocycles. The molecule has 0 saturated carbocycles. The maximum absolute atomic E-state index is 11.0. The Balaban J connectivity index is 1.26. The van der Waals surface area contributed by atoms with Crippen molar-refractivity contribution in [2.75, 3.05) is 18.0 Å². The molecule has 0 unspecified atom stereocenters. The summed E-state index contributed by atoms with van der Waals surface area (Å²) in [6.45, 7) is 3.95. The monoisotopic (exact) mass is 450 g/mol. The van der Waals surface area contributed by atoms with E-state index in [-0.39, 0.29) is 12.5 Å². The minimum absolute atomic E-state index is 0.172. The van der Waals surface area contributed by atoms with Crippen LogP contribution in [0.4, 0.5) is 5.95 Å². The van der Waals surface area contributed by atoms with Gasteiger partial charge in [0.15, 0.2) is 12.4 Å². The van der Waals surface area contributed by atoms with E-state index in [0.717, 1.165) is 49.4 Å². The number of hydrogen-bond acceptors (Lipinski definition) is 9. The minimum Gasteiger partial charge on any atom is -0.484 e. The summed E-state index contributed by atoms with van der Waals surface area (Å²) in [6, 6.07) is 7.14. The highest BCUT2D eigenvalue weighted by Crippen LogP contribution is 2.27. The van der Waals surface area contributed by atoms with E-state index in [1.807, 2.05) is 12.4 Å². The molecule has 0 spiro atoms. The van der Waals surface area contributed by atoms with Crippen LogP contribution in [0.2, 0.25) is 0 Å². The van der Waals surface area contributed by atoms with Gasteiger partial charge in [-0.2, -0.15) is 4.98 Å². The Labute approximate surface area is 191 Å². The molecule has 1 fully saturated rings. The van der Waals surface area contributed by atoms with Crippen LogP contribution in [0.15, 0.2) is 47.3 Å². The van der Waals surface area contributed by atoms with Crippen LogP contribution in [0, 0.1) is 0 Å². The molecule has 0 aliphatic carbocycles. The zero-order valence-corrected chi connectivity index (χ0v) is 18.3. The second-order valence-corrected chi connectivity index (χ2v) is 7.72. The Morgan fingerprint density at radius 3 is 2.64 bits per heavy atom. The molecular formula is C23H26N6O4. The van der Waals surface area contributed by atoms with Gasteiger partial charge in [0.05, 0.1) is 0 Å². The lowest BCUT2D eigenvalue weighted by molar-refractivity contribution is -0.124. The van der Waals surface area contributed by atoms with Gasteiger partial charge < -0.3 is 14.2 Å². The number of aromatic nitrogens is 4. The van der Waals surface area contributed by atoms with Crippen molar-refractivity contribution < 1.29 is 19.3 Å². The number of carbonyl (C=O) groups excluding carboxylic acids is 1. The Kier molecular flexibility index (Phi) is 7.26. The molecule has 33 heavy (non-hydrogen) atoms. The summed E-state index contributed by atoms with van der Waals surface area (Å²) in [7, 11) is 0. The third-order valence-electron chi connectivity index (χ3n) is 5.51. The number of amides is 1. The fraction of sp³-hybridized carbons (Fsp3) is 0.348. The van der Waals surface area contributed by atoms with Crippen LogP contribution in [0.3, 0.4) is 0 Å². The van der Waals surface area contributed by atoms with Crippen LogP contribution < -0.4 is 15.1 Å². The van der Waals surface area contributed by atoms with Crippen molar-refractivity contribution in [1.82, 2.24) is 25.6 Å². The molecule has 10 heteroatoms. The van der Waals surface area contributed by atoms with Gasteiger partial charge in [0.1, 0.15) is 5.75 Å². The van der Waals surface area contributed by atoms with Crippen molar-refractivity contribution in [3.8, 4) is 5.75 Å². The lowest BCUT2D eigenvalue weighted by Crippen LogP contribution is -2.34. The van der Waals surface area contributed by atoms with E-state index >= 15 is 0 Å². The van der Waals surface area contributed by atoms with Crippen LogP contribution in [-0.2, 0) is 17.8 Å². The fourth-order valence-corrected chi connectivity index (χ4v) is 3.55. The Morgan fingerprint density at radius 2 is 1.97 bits per heavy atom. The molecule has 3 heterocycles. The molecule has 1 aliphatic rings. The van der Waals surface area contributed by atoms with Crippen LogP contribution in [0.1, 0.15) is 48.5 Å². The molecule has 0 bridgehead atoms. The quantitative estimate of drug-likeness (QED) is 0.302. The maximum Gasteiger partial charge on any atom is 0.267 e. The number of hydrogen-bond donors (Lipinski definition) is 2. The van der Waals surface area contributed by atoms with E-state index in [1.165, 1.54) is 6.08 Å². The van der Waals surface area contributed by atoms with Gasteiger partial charge in [-0.15, -0.1) is 0 Å². The average molecular weight is 450 g/mol. The molecule has 0 atom stereocenters. The summed E-state index contributed by atoms with van der Waals surface area (Å²) >= 11 is 0. The Bertz CT molecular complexity index is 1070. The number of nitrogens with one attached hydrogen (secondary N) is 1. The maximum atomic E-state index is 11.0. The first-order chi connectivity index (χ1) is 16.1. The van der Waals surface area contributed by atoms with Crippen molar-refractivity contribution in [3.05, 3.63) is 65.6 Å². The molecule has 4 rings (SSSR count). The van der Waals surface area contributed by atoms with E-state index in [9.17, 15) is 4.79 Å². The second-order valence-electron chi connectivity index (χ2n) is 7.72. The number of benzene rings is 1. The van der Waals surface area contributed by atoms with Gasteiger partial charge in [0.25, 0.3) is 11.8 Å². The largest absolute Gasteiger partial charge is 0.484 e. The molecule has 0 radical (unpaired) electrons. The van der Waals surface area contributed by atoms with Crippen LogP contribution >= 0.6 is 0 Å². The molecule has 1 amide bonds. The van der Waals surface area contributed by atoms with Gasteiger partial charge in [-0.25, -0.2) is 15.4 Å². The summed E-state index contributed by atoms with van der Waals surface area (Å²) in [4.78, 5) is 26.7. The molecule has 2 N–H and O–H groups in total. The van der Waals surface area contributed by atoms with E-state index in [2.05, 4.69) is 31.9 Å². The van der Waals surface area contributed by atoms with Gasteiger partial charge in [-0.05, 0) is 48.6 Å². The smallest absolute Gasteiger partial charge is 0.267 e. The van der Waals surface area contributed by atoms with Crippen molar-refractivity contribution >= 4 is 17.9 Å². The van der Waals surface area contributed by atoms with Crippen LogP contribution in [0.5, 0.6) is 5.75 Å². The molecule has 3 aromatic rings. The summed E-state index contributed by atoms with van der Waals surface area (Å²) in [6.07, 6.45) is 9.33. The van der Waals surface area contributed by atoms with Gasteiger partial charge in [0.2, 0.25) is 5.95 Å². The number of carbonyl (C=O) groups is 1. The molecule has 1 aromatic carbocycles. The fourth-order valence-electron chi connectivity index (χ4n) is 3.55. The highest BCUT2D eigenvalue weighted by Gasteiger charge is 2.26. The van der Waals surface area contributed by atoms with Crippen LogP contribution in [-0.4, -0.2) is 44.3 Å². The standard InChI is InChI=1S/C23H26N6O4/c1-2-16-13-24-23(25-14-16)29-11-9-18(10-12-29)22-26-21(33-28-22)15-32-19-6-3-17(4-7-19)5-8-20(30)27-31/h3-8,13-14,18,31H,2,9-12,15H2,1H3,(H,27,30). The Morgan fingerprint density at radius 1 is 1.24 bits per heavy atom. The molecular weight excluding hydrogens is 424 g/mol. The summed E-state index contributed by atoms with van der Waals surface area (Å²) in [5.74, 6) is 2.18. The summed E-state index contributed by atoms with van der Waals surface area (Å²) in [5.41, 5.74) is 3.47. The lowest BCUT2D eigenvalue weighted by Gasteiger charge is -2.30. The predicted octanol–water partition coefficient (Wildman–Crippen LogP) is 2.90. The number of rotatable bonds is 8. The third-order valence-corrected chi connectivity index (χ3v) is 5.51. The summed E-state index contributed by atoms with van der Waals surface area (Å²) in [5, 5.41) is 12.6. The molecule has 172 valence electrons. The van der Waals surface area contributed by atoms with Gasteiger partial charge >= 0.3 is 0 Å². The van der Waals surface area contributed by atoms with E-state index in [4.69, 9.17) is 14.5 Å². The predicted molar refractivity (Wildman–Crippen MR) is 120 cm³/mol. The van der Waals surface area contributed by atoms with Crippen molar-refractivity contribution in [1.29, 1.82) is 0 Å². The van der Waals surface area contributed by atoms with E-state index < -0.39 is 5.91 Å². The van der Waals surface area contributed by atoms with E-state index in [1.54, 1.807) is 35.8 Å². The average Bonchev–Trinajstić information content (AvgIpc) is 3.36. The van der Waals surface area contributed by atoms with Gasteiger partial charge in [0, 0.05) is 37.5 Å². The van der Waals surface area contributed by atoms with Crippen molar-refractivity contribution in [2.24, 2.45) is 0 Å². The molecule has 1 saturated heterocycles.